The first-order chi connectivity index (χ1) is 17.0. The molecule has 0 saturated heterocycles. The Kier molecular flexibility index (Phi) is 6.37. The number of halogens is 1. The average molecular weight is 477 g/mol. The van der Waals surface area contributed by atoms with Gasteiger partial charge in [0.1, 0.15) is 35.1 Å². The van der Waals surface area contributed by atoms with Gasteiger partial charge in [0.15, 0.2) is 0 Å². The van der Waals surface area contributed by atoms with Crippen molar-refractivity contribution in [3.8, 4) is 5.75 Å². The van der Waals surface area contributed by atoms with Crippen molar-refractivity contribution in [1.82, 2.24) is 9.47 Å². The van der Waals surface area contributed by atoms with E-state index in [1.807, 2.05) is 30.3 Å². The molecule has 2 aromatic carbocycles. The molecule has 1 aliphatic rings. The zero-order chi connectivity index (χ0) is 24.4. The smallest absolute Gasteiger partial charge is 0.343 e. The summed E-state index contributed by atoms with van der Waals surface area (Å²) in [5.74, 6) is 0.109. The van der Waals surface area contributed by atoms with Crippen molar-refractivity contribution >= 4 is 16.9 Å². The van der Waals surface area contributed by atoms with Gasteiger partial charge in [-0.15, -0.1) is 0 Å². The zero-order valence-corrected chi connectivity index (χ0v) is 19.3. The summed E-state index contributed by atoms with van der Waals surface area (Å²) in [6, 6.07) is 17.1. The van der Waals surface area contributed by atoms with Gasteiger partial charge in [-0.25, -0.2) is 9.18 Å². The van der Waals surface area contributed by atoms with E-state index in [9.17, 15) is 14.0 Å². The van der Waals surface area contributed by atoms with Crippen LogP contribution in [0.4, 0.5) is 4.39 Å². The van der Waals surface area contributed by atoms with E-state index >= 15 is 0 Å². The topological polar surface area (TPSA) is 73.9 Å². The van der Waals surface area contributed by atoms with Crippen molar-refractivity contribution in [3.63, 3.8) is 0 Å². The summed E-state index contributed by atoms with van der Waals surface area (Å²) in [5, 5.41) is 1.05. The van der Waals surface area contributed by atoms with Crippen molar-refractivity contribution in [3.05, 3.63) is 99.4 Å². The van der Waals surface area contributed by atoms with Crippen molar-refractivity contribution in [2.75, 3.05) is 20.2 Å². The molecule has 5 rings (SSSR count). The predicted octanol–water partition coefficient (Wildman–Crippen LogP) is 4.16. The lowest BCUT2D eigenvalue weighted by molar-refractivity contribution is 0.0592. The van der Waals surface area contributed by atoms with E-state index in [1.165, 1.54) is 25.3 Å². The van der Waals surface area contributed by atoms with E-state index in [1.54, 1.807) is 16.7 Å². The fraction of sp³-hybridized carbons (Fsp3) is 0.259. The van der Waals surface area contributed by atoms with Crippen LogP contribution < -0.4 is 10.3 Å². The number of aromatic nitrogens is 1. The van der Waals surface area contributed by atoms with Crippen LogP contribution in [0.25, 0.3) is 11.0 Å². The number of benzene rings is 2. The third kappa shape index (κ3) is 4.83. The minimum Gasteiger partial charge on any atom is -0.488 e. The van der Waals surface area contributed by atoms with Gasteiger partial charge in [0.25, 0.3) is 5.56 Å². The number of hydrogen-bond donors (Lipinski definition) is 0. The SMILES string of the molecule is COC(=O)c1c(OCc2ccc(F)cc2)cc(=O)n2c1CCN(Cc1cc3ccccc3o1)CC2. The Morgan fingerprint density at radius 1 is 1.06 bits per heavy atom. The molecule has 35 heavy (non-hydrogen) atoms. The second-order valence-corrected chi connectivity index (χ2v) is 8.50. The molecule has 1 aliphatic heterocycles. The number of carbonyl (C=O) groups is 1. The van der Waals surface area contributed by atoms with Gasteiger partial charge in [0.05, 0.1) is 13.7 Å². The summed E-state index contributed by atoms with van der Waals surface area (Å²) in [6.45, 7) is 2.36. The van der Waals surface area contributed by atoms with E-state index < -0.39 is 5.97 Å². The van der Waals surface area contributed by atoms with Crippen molar-refractivity contribution in [1.29, 1.82) is 0 Å². The minimum absolute atomic E-state index is 0.0886. The molecule has 0 aliphatic carbocycles. The van der Waals surface area contributed by atoms with Crippen LogP contribution in [0, 0.1) is 5.82 Å². The molecule has 0 saturated carbocycles. The Hall–Kier alpha value is -3.91. The lowest BCUT2D eigenvalue weighted by Crippen LogP contribution is -2.29. The molecular weight excluding hydrogens is 451 g/mol. The molecule has 0 amide bonds. The molecule has 0 fully saturated rings. The minimum atomic E-state index is -0.561. The van der Waals surface area contributed by atoms with E-state index in [4.69, 9.17) is 13.9 Å². The Morgan fingerprint density at radius 2 is 1.86 bits per heavy atom. The van der Waals surface area contributed by atoms with Crippen LogP contribution in [-0.4, -0.2) is 35.6 Å². The number of fused-ring (bicyclic) bond motifs is 2. The standard InChI is InChI=1S/C27H25FN2O5/c1-33-27(32)26-22-10-11-29(16-21-14-19-4-2-3-5-23(19)35-21)12-13-30(22)25(31)15-24(26)34-17-18-6-8-20(28)9-7-18/h2-9,14-15H,10-13,16-17H2,1H3. The number of esters is 1. The highest BCUT2D eigenvalue weighted by Crippen LogP contribution is 2.26. The number of furan rings is 1. The molecule has 7 nitrogen and oxygen atoms in total. The van der Waals surface area contributed by atoms with Gasteiger partial charge < -0.3 is 18.5 Å². The Labute approximate surface area is 201 Å². The van der Waals surface area contributed by atoms with E-state index in [-0.39, 0.29) is 29.3 Å². The number of carbonyl (C=O) groups excluding carboxylic acids is 1. The van der Waals surface area contributed by atoms with Gasteiger partial charge in [0, 0.05) is 43.2 Å². The van der Waals surface area contributed by atoms with Gasteiger partial charge in [-0.2, -0.15) is 0 Å². The maximum absolute atomic E-state index is 13.2. The van der Waals surface area contributed by atoms with Crippen molar-refractivity contribution in [2.45, 2.75) is 26.1 Å². The first-order valence-corrected chi connectivity index (χ1v) is 11.4. The molecule has 3 heterocycles. The summed E-state index contributed by atoms with van der Waals surface area (Å²) in [6.07, 6.45) is 0.466. The molecule has 0 atom stereocenters. The third-order valence-electron chi connectivity index (χ3n) is 6.24. The monoisotopic (exact) mass is 476 g/mol. The number of ether oxygens (including phenoxy) is 2. The predicted molar refractivity (Wildman–Crippen MR) is 128 cm³/mol. The summed E-state index contributed by atoms with van der Waals surface area (Å²) in [5.41, 5.74) is 2.15. The highest BCUT2D eigenvalue weighted by Gasteiger charge is 2.26. The van der Waals surface area contributed by atoms with Crippen LogP contribution in [0.5, 0.6) is 5.75 Å². The fourth-order valence-electron chi connectivity index (χ4n) is 4.46. The molecule has 8 heteroatoms. The maximum atomic E-state index is 13.2. The molecule has 180 valence electrons. The van der Waals surface area contributed by atoms with Gasteiger partial charge in [-0.3, -0.25) is 9.69 Å². The molecule has 0 spiro atoms. The summed E-state index contributed by atoms with van der Waals surface area (Å²) < 4.78 is 31.7. The second kappa shape index (κ2) is 9.76. The van der Waals surface area contributed by atoms with Crippen LogP contribution in [0.3, 0.4) is 0 Å². The largest absolute Gasteiger partial charge is 0.488 e. The summed E-state index contributed by atoms with van der Waals surface area (Å²) in [4.78, 5) is 27.9. The van der Waals surface area contributed by atoms with Crippen LogP contribution in [0.2, 0.25) is 0 Å². The summed E-state index contributed by atoms with van der Waals surface area (Å²) >= 11 is 0. The normalized spacial score (nSPS) is 13.9. The third-order valence-corrected chi connectivity index (χ3v) is 6.24. The molecule has 0 N–H and O–H groups in total. The number of nitrogens with zero attached hydrogens (tertiary/aromatic N) is 2. The van der Waals surface area contributed by atoms with Crippen LogP contribution >= 0.6 is 0 Å². The first kappa shape index (κ1) is 22.9. The van der Waals surface area contributed by atoms with Crippen molar-refractivity contribution < 1.29 is 23.1 Å². The lowest BCUT2D eigenvalue weighted by atomic mass is 10.1. The Morgan fingerprint density at radius 3 is 2.63 bits per heavy atom. The van der Waals surface area contributed by atoms with E-state index in [0.717, 1.165) is 16.7 Å². The molecule has 2 aromatic heterocycles. The highest BCUT2D eigenvalue weighted by atomic mass is 19.1. The van der Waals surface area contributed by atoms with Gasteiger partial charge in [-0.1, -0.05) is 30.3 Å². The Balaban J connectivity index is 1.39. The molecule has 0 radical (unpaired) electrons. The van der Waals surface area contributed by atoms with Gasteiger partial charge in [0.2, 0.25) is 0 Å². The average Bonchev–Trinajstić information content (AvgIpc) is 3.16. The number of pyridine rings is 1. The first-order valence-electron chi connectivity index (χ1n) is 11.4. The zero-order valence-electron chi connectivity index (χ0n) is 19.3. The molecule has 4 aromatic rings. The summed E-state index contributed by atoms with van der Waals surface area (Å²) in [7, 11) is 1.30. The second-order valence-electron chi connectivity index (χ2n) is 8.50. The van der Waals surface area contributed by atoms with Crippen LogP contribution in [-0.2, 0) is 30.9 Å². The number of hydrogen-bond acceptors (Lipinski definition) is 6. The number of methoxy groups -OCH3 is 1. The lowest BCUT2D eigenvalue weighted by Gasteiger charge is -2.17. The van der Waals surface area contributed by atoms with Gasteiger partial charge >= 0.3 is 5.97 Å². The quantitative estimate of drug-likeness (QED) is 0.389. The molecule has 0 bridgehead atoms. The highest BCUT2D eigenvalue weighted by molar-refractivity contribution is 5.93. The van der Waals surface area contributed by atoms with Crippen LogP contribution in [0.1, 0.15) is 27.4 Å². The molecular formula is C27H25FN2O5. The van der Waals surface area contributed by atoms with Crippen LogP contribution in [0.15, 0.2) is 69.9 Å². The van der Waals surface area contributed by atoms with Gasteiger partial charge in [-0.05, 0) is 29.8 Å². The number of rotatable bonds is 6. The maximum Gasteiger partial charge on any atom is 0.343 e. The number of para-hydroxylation sites is 1. The Bertz CT molecular complexity index is 1390. The van der Waals surface area contributed by atoms with E-state index in [0.29, 0.717) is 43.9 Å². The molecule has 0 unspecified atom stereocenters. The fourth-order valence-corrected chi connectivity index (χ4v) is 4.46. The van der Waals surface area contributed by atoms with Crippen molar-refractivity contribution in [2.24, 2.45) is 0 Å². The van der Waals surface area contributed by atoms with E-state index in [2.05, 4.69) is 4.90 Å².